The topological polar surface area (TPSA) is 68.8 Å². The number of benzene rings is 3. The lowest BCUT2D eigenvalue weighted by Gasteiger charge is -2.29. The van der Waals surface area contributed by atoms with E-state index in [0.717, 1.165) is 36.2 Å². The molecule has 0 aliphatic heterocycles. The minimum absolute atomic E-state index is 0.0642. The van der Waals surface area contributed by atoms with Crippen molar-refractivity contribution < 1.29 is 14.6 Å². The second-order valence-electron chi connectivity index (χ2n) is 11.9. The first-order valence-corrected chi connectivity index (χ1v) is 14.7. The van der Waals surface area contributed by atoms with E-state index in [4.69, 9.17) is 4.74 Å². The molecule has 0 aliphatic rings. The van der Waals surface area contributed by atoms with Crippen LogP contribution < -0.4 is 4.74 Å². The molecule has 1 atom stereocenters. The number of aliphatic hydroxyl groups is 1. The number of H-pyrrole nitrogens is 1. The summed E-state index contributed by atoms with van der Waals surface area (Å²) in [7, 11) is 0. The molecular weight excluding hydrogens is 510 g/mol. The number of hydrogen-bond donors (Lipinski definition) is 2. The molecule has 3 aromatic carbocycles. The van der Waals surface area contributed by atoms with Crippen LogP contribution in [0.25, 0.3) is 10.9 Å². The van der Waals surface area contributed by atoms with Gasteiger partial charge in [-0.05, 0) is 59.7 Å². The van der Waals surface area contributed by atoms with Crippen LogP contribution in [0.1, 0.15) is 50.8 Å². The van der Waals surface area contributed by atoms with E-state index >= 15 is 0 Å². The molecule has 0 saturated heterocycles. The fourth-order valence-electron chi connectivity index (χ4n) is 5.12. The number of hydrogen-bond acceptors (Lipinski definition) is 4. The lowest BCUT2D eigenvalue weighted by atomic mass is 9.87. The van der Waals surface area contributed by atoms with Crippen molar-refractivity contribution in [3.05, 3.63) is 102 Å². The number of aliphatic hydroxyl groups excluding tert-OH is 1. The van der Waals surface area contributed by atoms with Crippen molar-refractivity contribution in [1.29, 1.82) is 0 Å². The molecule has 0 spiro atoms. The number of aromatic amines is 1. The Morgan fingerprint density at radius 3 is 2.37 bits per heavy atom. The van der Waals surface area contributed by atoms with E-state index < -0.39 is 6.10 Å². The Morgan fingerprint density at radius 2 is 1.66 bits per heavy atom. The molecule has 1 aromatic heterocycles. The number of aromatic nitrogens is 1. The predicted molar refractivity (Wildman–Crippen MR) is 167 cm³/mol. The van der Waals surface area contributed by atoms with Crippen molar-refractivity contribution in [1.82, 2.24) is 14.8 Å². The molecule has 0 bridgehead atoms. The molecule has 41 heavy (non-hydrogen) atoms. The molecule has 0 fully saturated rings. The maximum absolute atomic E-state index is 13.8. The Kier molecular flexibility index (Phi) is 10.6. The maximum Gasteiger partial charge on any atom is 0.237 e. The summed E-state index contributed by atoms with van der Waals surface area (Å²) in [5, 5.41) is 11.9. The van der Waals surface area contributed by atoms with Crippen LogP contribution in [0.5, 0.6) is 5.75 Å². The molecular formula is C35H45N3O3. The summed E-state index contributed by atoms with van der Waals surface area (Å²) in [5.74, 6) is 0.792. The van der Waals surface area contributed by atoms with E-state index in [1.54, 1.807) is 0 Å². The Labute approximate surface area is 244 Å². The molecule has 6 nitrogen and oxygen atoms in total. The molecule has 2 N–H and O–H groups in total. The third kappa shape index (κ3) is 8.94. The van der Waals surface area contributed by atoms with Gasteiger partial charge in [-0.15, -0.1) is 0 Å². The van der Waals surface area contributed by atoms with Gasteiger partial charge in [0.15, 0.2) is 0 Å². The van der Waals surface area contributed by atoms with Crippen molar-refractivity contribution in [2.45, 2.75) is 58.6 Å². The number of fused-ring (bicyclic) bond motifs is 1. The van der Waals surface area contributed by atoms with Crippen molar-refractivity contribution >= 4 is 16.8 Å². The summed E-state index contributed by atoms with van der Waals surface area (Å²) >= 11 is 0. The van der Waals surface area contributed by atoms with Gasteiger partial charge in [0.05, 0.1) is 6.54 Å². The van der Waals surface area contributed by atoms with Crippen LogP contribution in [0.4, 0.5) is 0 Å². The summed E-state index contributed by atoms with van der Waals surface area (Å²) in [5.41, 5.74) is 4.79. The number of carbonyl (C=O) groups excluding carboxylic acids is 1. The maximum atomic E-state index is 13.8. The zero-order valence-corrected chi connectivity index (χ0v) is 25.0. The number of ether oxygens (including phenoxy) is 1. The first-order chi connectivity index (χ1) is 19.7. The van der Waals surface area contributed by atoms with E-state index in [-0.39, 0.29) is 24.5 Å². The highest BCUT2D eigenvalue weighted by molar-refractivity contribution is 5.83. The second-order valence-corrected chi connectivity index (χ2v) is 11.9. The molecule has 0 unspecified atom stereocenters. The normalized spacial score (nSPS) is 12.5. The largest absolute Gasteiger partial charge is 0.491 e. The van der Waals surface area contributed by atoms with Crippen LogP contribution >= 0.6 is 0 Å². The zero-order chi connectivity index (χ0) is 29.2. The number of nitrogens with one attached hydrogen (secondary N) is 1. The molecule has 1 amide bonds. The number of nitrogens with zero attached hydrogens (tertiary/aromatic N) is 2. The highest BCUT2D eigenvalue weighted by atomic mass is 16.5. The van der Waals surface area contributed by atoms with Gasteiger partial charge >= 0.3 is 0 Å². The molecule has 6 heteroatoms. The summed E-state index contributed by atoms with van der Waals surface area (Å²) in [6.45, 7) is 11.4. The van der Waals surface area contributed by atoms with E-state index in [0.29, 0.717) is 19.6 Å². The summed E-state index contributed by atoms with van der Waals surface area (Å²) in [6.07, 6.45) is 3.01. The standard InChI is InChI=1S/C35H45N3O3/c1-5-20-37(24-30(39)26-41-31-11-7-6-8-12-31)25-34(40)38(23-27-15-17-29(18-16-27)35(2,3)4)21-19-28-22-36-33-14-10-9-13-32(28)33/h6-18,22,30,36,39H,5,19-21,23-26H2,1-4H3/t30-/m0/s1. The fourth-order valence-corrected chi connectivity index (χ4v) is 5.12. The lowest BCUT2D eigenvalue weighted by Crippen LogP contribution is -2.44. The van der Waals surface area contributed by atoms with Crippen LogP contribution in [0, 0.1) is 0 Å². The number of carbonyl (C=O) groups is 1. The highest BCUT2D eigenvalue weighted by Crippen LogP contribution is 2.23. The SMILES string of the molecule is CCCN(CC(=O)N(CCc1c[nH]c2ccccc12)Cc1ccc(C(C)(C)C)cc1)C[C@H](O)COc1ccccc1. The quantitative estimate of drug-likeness (QED) is 0.195. The van der Waals surface area contributed by atoms with Crippen LogP contribution in [0.15, 0.2) is 85.1 Å². The van der Waals surface area contributed by atoms with Crippen molar-refractivity contribution in [2.24, 2.45) is 0 Å². The smallest absolute Gasteiger partial charge is 0.237 e. The van der Waals surface area contributed by atoms with Gasteiger partial charge in [0.25, 0.3) is 0 Å². The molecule has 0 aliphatic carbocycles. The van der Waals surface area contributed by atoms with Gasteiger partial charge in [-0.25, -0.2) is 0 Å². The van der Waals surface area contributed by atoms with Gasteiger partial charge in [0, 0.05) is 36.7 Å². The third-order valence-electron chi connectivity index (χ3n) is 7.43. The zero-order valence-electron chi connectivity index (χ0n) is 25.0. The van der Waals surface area contributed by atoms with Crippen molar-refractivity contribution in [3.63, 3.8) is 0 Å². The van der Waals surface area contributed by atoms with Crippen LogP contribution in [-0.4, -0.2) is 64.7 Å². The van der Waals surface area contributed by atoms with Gasteiger partial charge in [0.1, 0.15) is 18.5 Å². The predicted octanol–water partition coefficient (Wildman–Crippen LogP) is 6.19. The van der Waals surface area contributed by atoms with E-state index in [1.807, 2.05) is 46.2 Å². The molecule has 0 saturated carbocycles. The number of rotatable bonds is 14. The molecule has 218 valence electrons. The summed E-state index contributed by atoms with van der Waals surface area (Å²) in [4.78, 5) is 21.2. The van der Waals surface area contributed by atoms with Crippen LogP contribution in [-0.2, 0) is 23.2 Å². The second kappa shape index (κ2) is 14.3. The fraction of sp³-hybridized carbons (Fsp3) is 0.400. The highest BCUT2D eigenvalue weighted by Gasteiger charge is 2.21. The Bertz CT molecular complexity index is 1360. The molecule has 1 heterocycles. The summed E-state index contributed by atoms with van der Waals surface area (Å²) in [6, 6.07) is 26.4. The Hall–Kier alpha value is -3.61. The Morgan fingerprint density at radius 1 is 0.951 bits per heavy atom. The van der Waals surface area contributed by atoms with Crippen LogP contribution in [0.2, 0.25) is 0 Å². The van der Waals surface area contributed by atoms with Gasteiger partial charge in [-0.2, -0.15) is 0 Å². The minimum Gasteiger partial charge on any atom is -0.491 e. The number of amides is 1. The summed E-state index contributed by atoms with van der Waals surface area (Å²) < 4.78 is 5.75. The average Bonchev–Trinajstić information content (AvgIpc) is 3.37. The van der Waals surface area contributed by atoms with E-state index in [2.05, 4.69) is 81.3 Å². The van der Waals surface area contributed by atoms with Gasteiger partial charge in [-0.1, -0.05) is 88.4 Å². The van der Waals surface area contributed by atoms with Gasteiger partial charge in [-0.3, -0.25) is 9.69 Å². The first kappa shape index (κ1) is 30.4. The van der Waals surface area contributed by atoms with Crippen LogP contribution in [0.3, 0.4) is 0 Å². The van der Waals surface area contributed by atoms with Gasteiger partial charge in [0.2, 0.25) is 5.91 Å². The first-order valence-electron chi connectivity index (χ1n) is 14.7. The van der Waals surface area contributed by atoms with Crippen molar-refractivity contribution in [2.75, 3.05) is 32.8 Å². The van der Waals surface area contributed by atoms with E-state index in [9.17, 15) is 9.90 Å². The number of para-hydroxylation sites is 2. The minimum atomic E-state index is -0.695. The molecule has 4 rings (SSSR count). The monoisotopic (exact) mass is 555 g/mol. The molecule has 0 radical (unpaired) electrons. The van der Waals surface area contributed by atoms with Crippen molar-refractivity contribution in [3.8, 4) is 5.75 Å². The Balaban J connectivity index is 1.44. The third-order valence-corrected chi connectivity index (χ3v) is 7.43. The average molecular weight is 556 g/mol. The van der Waals surface area contributed by atoms with E-state index in [1.165, 1.54) is 16.5 Å². The van der Waals surface area contributed by atoms with Gasteiger partial charge < -0.3 is 19.7 Å². The molecule has 4 aromatic rings. The lowest BCUT2D eigenvalue weighted by molar-refractivity contribution is -0.133.